The Morgan fingerprint density at radius 3 is 2.42 bits per heavy atom. The summed E-state index contributed by atoms with van der Waals surface area (Å²) in [4.78, 5) is 2.24. The molecule has 1 heterocycles. The number of rotatable bonds is 6. The van der Waals surface area contributed by atoms with E-state index in [1.165, 1.54) is 0 Å². The molecule has 0 spiro atoms. The Balaban J connectivity index is 2.40. The molecule has 0 saturated carbocycles. The van der Waals surface area contributed by atoms with Crippen molar-refractivity contribution < 1.29 is 18.4 Å². The van der Waals surface area contributed by atoms with Crippen LogP contribution in [0.4, 0.5) is 13.2 Å². The maximum atomic E-state index is 12.7. The van der Waals surface area contributed by atoms with Crippen LogP contribution in [-0.4, -0.2) is 54.3 Å². The molecule has 5 nitrogen and oxygen atoms in total. The van der Waals surface area contributed by atoms with Crippen LogP contribution in [0.5, 0.6) is 0 Å². The molecular weight excluding hydrogens is 261 g/mol. The minimum Gasteiger partial charge on any atom is -0.409 e. The first kappa shape index (κ1) is 16.0. The smallest absolute Gasteiger partial charge is 0.400 e. The summed E-state index contributed by atoms with van der Waals surface area (Å²) in [6.07, 6.45) is -2.24. The highest BCUT2D eigenvalue weighted by atomic mass is 19.4. The van der Waals surface area contributed by atoms with Gasteiger partial charge >= 0.3 is 6.18 Å². The molecule has 1 saturated heterocycles. The zero-order chi connectivity index (χ0) is 14.5. The second-order valence-electron chi connectivity index (χ2n) is 4.87. The molecule has 19 heavy (non-hydrogen) atoms. The first-order chi connectivity index (χ1) is 8.86. The van der Waals surface area contributed by atoms with Crippen molar-refractivity contribution in [2.24, 2.45) is 16.8 Å². The molecule has 2 atom stereocenters. The molecule has 0 aliphatic carbocycles. The highest BCUT2D eigenvalue weighted by Crippen LogP contribution is 2.25. The van der Waals surface area contributed by atoms with Gasteiger partial charge in [0.15, 0.2) is 5.84 Å². The standard InChI is InChI=1S/C11H21F3N4O/c1-8(18-4-2-3-5-18)6-16-7-9(10(15)17-19)11(12,13)14/h8-9,16,19H,2-7H2,1H3,(H2,15,17). The van der Waals surface area contributed by atoms with Crippen molar-refractivity contribution in [1.82, 2.24) is 10.2 Å². The largest absolute Gasteiger partial charge is 0.409 e. The normalized spacial score (nSPS) is 21.6. The molecular formula is C11H21F3N4O. The number of hydrogen-bond acceptors (Lipinski definition) is 4. The Morgan fingerprint density at radius 2 is 1.95 bits per heavy atom. The van der Waals surface area contributed by atoms with Crippen LogP contribution in [0.2, 0.25) is 0 Å². The zero-order valence-corrected chi connectivity index (χ0v) is 11.0. The fourth-order valence-corrected chi connectivity index (χ4v) is 2.21. The first-order valence-corrected chi connectivity index (χ1v) is 6.35. The Kier molecular flexibility index (Phi) is 5.86. The van der Waals surface area contributed by atoms with E-state index in [0.717, 1.165) is 25.9 Å². The van der Waals surface area contributed by atoms with Gasteiger partial charge < -0.3 is 16.3 Å². The van der Waals surface area contributed by atoms with E-state index >= 15 is 0 Å². The summed E-state index contributed by atoms with van der Waals surface area (Å²) in [6.45, 7) is 4.03. The second kappa shape index (κ2) is 6.95. The van der Waals surface area contributed by atoms with Crippen LogP contribution in [0.25, 0.3) is 0 Å². The second-order valence-corrected chi connectivity index (χ2v) is 4.87. The number of halogens is 3. The fourth-order valence-electron chi connectivity index (χ4n) is 2.21. The van der Waals surface area contributed by atoms with Crippen LogP contribution >= 0.6 is 0 Å². The Hall–Kier alpha value is -1.02. The van der Waals surface area contributed by atoms with E-state index in [2.05, 4.69) is 15.4 Å². The third-order valence-electron chi connectivity index (χ3n) is 3.42. The van der Waals surface area contributed by atoms with Gasteiger partial charge in [-0.3, -0.25) is 4.90 Å². The minimum atomic E-state index is -4.51. The minimum absolute atomic E-state index is 0.184. The molecule has 1 fully saturated rings. The summed E-state index contributed by atoms with van der Waals surface area (Å²) < 4.78 is 38.0. The van der Waals surface area contributed by atoms with Crippen molar-refractivity contribution in [2.75, 3.05) is 26.2 Å². The van der Waals surface area contributed by atoms with Gasteiger partial charge in [0, 0.05) is 19.1 Å². The predicted octanol–water partition coefficient (Wildman–Crippen LogP) is 0.985. The lowest BCUT2D eigenvalue weighted by atomic mass is 10.1. The quantitative estimate of drug-likeness (QED) is 0.294. The predicted molar refractivity (Wildman–Crippen MR) is 66.1 cm³/mol. The molecule has 112 valence electrons. The third kappa shape index (κ3) is 4.87. The monoisotopic (exact) mass is 282 g/mol. The first-order valence-electron chi connectivity index (χ1n) is 6.35. The van der Waals surface area contributed by atoms with Crippen molar-refractivity contribution in [2.45, 2.75) is 32.0 Å². The van der Waals surface area contributed by atoms with Crippen LogP contribution in [0.15, 0.2) is 5.16 Å². The van der Waals surface area contributed by atoms with E-state index in [-0.39, 0.29) is 12.6 Å². The lowest BCUT2D eigenvalue weighted by Gasteiger charge is -2.25. The lowest BCUT2D eigenvalue weighted by molar-refractivity contribution is -0.155. The van der Waals surface area contributed by atoms with Gasteiger partial charge in [-0.2, -0.15) is 13.2 Å². The fraction of sp³-hybridized carbons (Fsp3) is 0.909. The van der Waals surface area contributed by atoms with E-state index in [1.54, 1.807) is 0 Å². The number of likely N-dealkylation sites (tertiary alicyclic amines) is 1. The number of nitrogens with zero attached hydrogens (tertiary/aromatic N) is 2. The Morgan fingerprint density at radius 1 is 1.37 bits per heavy atom. The number of alkyl halides is 3. The van der Waals surface area contributed by atoms with E-state index in [4.69, 9.17) is 10.9 Å². The molecule has 0 radical (unpaired) electrons. The highest BCUT2D eigenvalue weighted by Gasteiger charge is 2.42. The van der Waals surface area contributed by atoms with Crippen LogP contribution in [0, 0.1) is 5.92 Å². The molecule has 0 bridgehead atoms. The molecule has 1 rings (SSSR count). The molecule has 1 aliphatic heterocycles. The average Bonchev–Trinajstić information content (AvgIpc) is 2.85. The summed E-state index contributed by atoms with van der Waals surface area (Å²) in [6, 6.07) is 0.184. The van der Waals surface area contributed by atoms with Gasteiger partial charge in [0.05, 0.1) is 0 Å². The van der Waals surface area contributed by atoms with Crippen molar-refractivity contribution >= 4 is 5.84 Å². The number of hydrogen-bond donors (Lipinski definition) is 3. The number of amidine groups is 1. The van der Waals surface area contributed by atoms with Crippen molar-refractivity contribution in [3.8, 4) is 0 Å². The Bertz CT molecular complexity index is 303. The molecule has 0 aromatic rings. The van der Waals surface area contributed by atoms with Gasteiger partial charge in [-0.25, -0.2) is 0 Å². The van der Waals surface area contributed by atoms with E-state index in [1.807, 2.05) is 6.92 Å². The molecule has 8 heteroatoms. The molecule has 0 aromatic carbocycles. The van der Waals surface area contributed by atoms with E-state index in [0.29, 0.717) is 6.54 Å². The van der Waals surface area contributed by atoms with E-state index in [9.17, 15) is 13.2 Å². The molecule has 0 aromatic heterocycles. The van der Waals surface area contributed by atoms with Crippen LogP contribution in [-0.2, 0) is 0 Å². The summed E-state index contributed by atoms with van der Waals surface area (Å²) in [7, 11) is 0. The van der Waals surface area contributed by atoms with Crippen LogP contribution < -0.4 is 11.1 Å². The van der Waals surface area contributed by atoms with E-state index < -0.39 is 17.9 Å². The van der Waals surface area contributed by atoms with Gasteiger partial charge in [-0.1, -0.05) is 5.16 Å². The van der Waals surface area contributed by atoms with Crippen molar-refractivity contribution in [3.63, 3.8) is 0 Å². The summed E-state index contributed by atoms with van der Waals surface area (Å²) >= 11 is 0. The lowest BCUT2D eigenvalue weighted by Crippen LogP contribution is -2.46. The maximum absolute atomic E-state index is 12.7. The van der Waals surface area contributed by atoms with Crippen molar-refractivity contribution in [3.05, 3.63) is 0 Å². The summed E-state index contributed by atoms with van der Waals surface area (Å²) in [5.41, 5.74) is 5.07. The molecule has 4 N–H and O–H groups in total. The van der Waals surface area contributed by atoms with Crippen LogP contribution in [0.1, 0.15) is 19.8 Å². The van der Waals surface area contributed by atoms with Gasteiger partial charge in [0.2, 0.25) is 0 Å². The van der Waals surface area contributed by atoms with Crippen molar-refractivity contribution in [1.29, 1.82) is 0 Å². The SMILES string of the molecule is CC(CNCC(C(N)=NO)C(F)(F)F)N1CCCC1. The molecule has 0 amide bonds. The summed E-state index contributed by atoms with van der Waals surface area (Å²) in [5.74, 6) is -2.77. The molecule has 2 unspecified atom stereocenters. The van der Waals surface area contributed by atoms with Crippen LogP contribution in [0.3, 0.4) is 0 Å². The topological polar surface area (TPSA) is 73.9 Å². The van der Waals surface area contributed by atoms with Gasteiger partial charge in [0.25, 0.3) is 0 Å². The van der Waals surface area contributed by atoms with Gasteiger partial charge in [-0.05, 0) is 32.9 Å². The zero-order valence-electron chi connectivity index (χ0n) is 11.0. The molecule has 1 aliphatic rings. The highest BCUT2D eigenvalue weighted by molar-refractivity contribution is 5.83. The number of nitrogens with two attached hydrogens (primary N) is 1. The summed E-state index contributed by atoms with van der Waals surface area (Å²) in [5, 5.41) is 13.6. The number of nitrogens with one attached hydrogen (secondary N) is 1. The van der Waals surface area contributed by atoms with Gasteiger partial charge in [0.1, 0.15) is 5.92 Å². The number of oxime groups is 1. The average molecular weight is 282 g/mol. The third-order valence-corrected chi connectivity index (χ3v) is 3.42. The maximum Gasteiger partial charge on any atom is 0.400 e. The van der Waals surface area contributed by atoms with Gasteiger partial charge in [-0.15, -0.1) is 0 Å². The Labute approximate surface area is 110 Å².